The highest BCUT2D eigenvalue weighted by atomic mass is 16.5. The van der Waals surface area contributed by atoms with Crippen LogP contribution in [0.5, 0.6) is 0 Å². The van der Waals surface area contributed by atoms with E-state index in [4.69, 9.17) is 4.52 Å². The lowest BCUT2D eigenvalue weighted by molar-refractivity contribution is 0.273. The second kappa shape index (κ2) is 5.00. The van der Waals surface area contributed by atoms with Gasteiger partial charge in [-0.05, 0) is 39.2 Å². The maximum atomic E-state index is 5.52. The molecule has 1 saturated heterocycles. The minimum Gasteiger partial charge on any atom is -0.337 e. The van der Waals surface area contributed by atoms with Crippen LogP contribution in [0.1, 0.15) is 75.9 Å². The Morgan fingerprint density at radius 1 is 1.17 bits per heavy atom. The van der Waals surface area contributed by atoms with Crippen LogP contribution in [0.4, 0.5) is 0 Å². The number of rotatable bonds is 2. The second-order valence-electron chi connectivity index (χ2n) is 6.01. The summed E-state index contributed by atoms with van der Waals surface area (Å²) in [4.78, 5) is 4.69. The Labute approximate surface area is 109 Å². The van der Waals surface area contributed by atoms with Crippen molar-refractivity contribution in [3.8, 4) is 0 Å². The highest BCUT2D eigenvalue weighted by Gasteiger charge is 2.36. The molecule has 2 fully saturated rings. The maximum absolute atomic E-state index is 5.52. The molecule has 4 nitrogen and oxygen atoms in total. The third-order valence-corrected chi connectivity index (χ3v) is 4.50. The number of aromatic nitrogens is 2. The van der Waals surface area contributed by atoms with Gasteiger partial charge < -0.3 is 9.84 Å². The summed E-state index contributed by atoms with van der Waals surface area (Å²) in [7, 11) is 0. The molecule has 1 saturated carbocycles. The van der Waals surface area contributed by atoms with Gasteiger partial charge in [-0.15, -0.1) is 0 Å². The van der Waals surface area contributed by atoms with Crippen molar-refractivity contribution in [1.82, 2.24) is 15.5 Å². The molecule has 2 heterocycles. The third kappa shape index (κ3) is 2.30. The van der Waals surface area contributed by atoms with E-state index in [0.717, 1.165) is 24.7 Å². The Bertz CT molecular complexity index is 387. The summed E-state index contributed by atoms with van der Waals surface area (Å²) in [5.74, 6) is 2.26. The van der Waals surface area contributed by atoms with Gasteiger partial charge in [0.1, 0.15) is 0 Å². The van der Waals surface area contributed by atoms with Crippen molar-refractivity contribution < 1.29 is 4.52 Å². The van der Waals surface area contributed by atoms with Crippen LogP contribution in [0, 0.1) is 0 Å². The number of hydrogen-bond acceptors (Lipinski definition) is 4. The van der Waals surface area contributed by atoms with Crippen LogP contribution in [-0.4, -0.2) is 16.7 Å². The Kier molecular flexibility index (Phi) is 3.37. The summed E-state index contributed by atoms with van der Waals surface area (Å²) < 4.78 is 5.52. The quantitative estimate of drug-likeness (QED) is 0.818. The van der Waals surface area contributed by atoms with E-state index in [-0.39, 0.29) is 5.54 Å². The summed E-state index contributed by atoms with van der Waals surface area (Å²) in [6.45, 7) is 3.22. The Hall–Kier alpha value is -0.900. The number of nitrogens with zero attached hydrogens (tertiary/aromatic N) is 2. The molecule has 100 valence electrons. The molecule has 4 heteroatoms. The van der Waals surface area contributed by atoms with E-state index >= 15 is 0 Å². The van der Waals surface area contributed by atoms with Gasteiger partial charge in [-0.1, -0.05) is 30.8 Å². The van der Waals surface area contributed by atoms with Crippen LogP contribution in [-0.2, 0) is 5.54 Å². The highest BCUT2D eigenvalue weighted by molar-refractivity contribution is 5.06. The van der Waals surface area contributed by atoms with Gasteiger partial charge in [-0.2, -0.15) is 4.98 Å². The fourth-order valence-electron chi connectivity index (χ4n) is 3.24. The molecule has 1 aliphatic carbocycles. The SMILES string of the molecule is CC1(c2nc(C3CCCCCC3)no2)CCCN1. The van der Waals surface area contributed by atoms with Crippen LogP contribution >= 0.6 is 0 Å². The topological polar surface area (TPSA) is 51.0 Å². The summed E-state index contributed by atoms with van der Waals surface area (Å²) >= 11 is 0. The lowest BCUT2D eigenvalue weighted by Gasteiger charge is -2.18. The number of nitrogens with one attached hydrogen (secondary N) is 1. The van der Waals surface area contributed by atoms with E-state index < -0.39 is 0 Å². The molecule has 0 amide bonds. The van der Waals surface area contributed by atoms with Crippen LogP contribution in [0.25, 0.3) is 0 Å². The molecule has 1 atom stereocenters. The van der Waals surface area contributed by atoms with Gasteiger partial charge >= 0.3 is 0 Å². The van der Waals surface area contributed by atoms with Crippen molar-refractivity contribution >= 4 is 0 Å². The summed E-state index contributed by atoms with van der Waals surface area (Å²) in [5.41, 5.74) is -0.0873. The van der Waals surface area contributed by atoms with E-state index in [9.17, 15) is 0 Å². The normalized spacial score (nSPS) is 30.5. The Balaban J connectivity index is 1.76. The molecule has 0 bridgehead atoms. The molecule has 0 radical (unpaired) electrons. The van der Waals surface area contributed by atoms with Crippen LogP contribution in [0.15, 0.2) is 4.52 Å². The predicted octanol–water partition coefficient (Wildman–Crippen LogP) is 3.11. The minimum atomic E-state index is -0.0873. The van der Waals surface area contributed by atoms with Gasteiger partial charge in [0.2, 0.25) is 5.89 Å². The van der Waals surface area contributed by atoms with E-state index in [1.54, 1.807) is 0 Å². The fraction of sp³-hybridized carbons (Fsp3) is 0.857. The van der Waals surface area contributed by atoms with Crippen LogP contribution < -0.4 is 5.32 Å². The van der Waals surface area contributed by atoms with Crippen LogP contribution in [0.3, 0.4) is 0 Å². The van der Waals surface area contributed by atoms with Crippen molar-refractivity contribution in [2.75, 3.05) is 6.54 Å². The first-order chi connectivity index (χ1) is 8.78. The molecule has 1 N–H and O–H groups in total. The molecule has 18 heavy (non-hydrogen) atoms. The molecular formula is C14H23N3O. The zero-order valence-electron chi connectivity index (χ0n) is 11.2. The van der Waals surface area contributed by atoms with Gasteiger partial charge in [0.05, 0.1) is 5.54 Å². The smallest absolute Gasteiger partial charge is 0.246 e. The van der Waals surface area contributed by atoms with E-state index in [0.29, 0.717) is 5.92 Å². The molecule has 3 rings (SSSR count). The fourth-order valence-corrected chi connectivity index (χ4v) is 3.24. The van der Waals surface area contributed by atoms with E-state index in [1.165, 1.54) is 44.9 Å². The molecule has 2 aliphatic rings. The molecular weight excluding hydrogens is 226 g/mol. The Morgan fingerprint density at radius 2 is 1.94 bits per heavy atom. The number of hydrogen-bond donors (Lipinski definition) is 1. The van der Waals surface area contributed by atoms with Crippen molar-refractivity contribution in [2.45, 2.75) is 69.7 Å². The lowest BCUT2D eigenvalue weighted by Crippen LogP contribution is -2.33. The van der Waals surface area contributed by atoms with Crippen molar-refractivity contribution in [3.05, 3.63) is 11.7 Å². The second-order valence-corrected chi connectivity index (χ2v) is 6.01. The average molecular weight is 249 g/mol. The standard InChI is InChI=1S/C14H23N3O/c1-14(9-6-10-15-14)13-16-12(17-18-13)11-7-4-2-3-5-8-11/h11,15H,2-10H2,1H3. The van der Waals surface area contributed by atoms with Gasteiger partial charge in [0.25, 0.3) is 0 Å². The van der Waals surface area contributed by atoms with Crippen molar-refractivity contribution in [2.24, 2.45) is 0 Å². The first-order valence-electron chi connectivity index (χ1n) is 7.37. The first kappa shape index (κ1) is 12.2. The Morgan fingerprint density at radius 3 is 2.61 bits per heavy atom. The van der Waals surface area contributed by atoms with Gasteiger partial charge in [-0.25, -0.2) is 0 Å². The molecule has 1 aliphatic heterocycles. The lowest BCUT2D eigenvalue weighted by atomic mass is 9.98. The molecule has 0 spiro atoms. The molecule has 0 aromatic carbocycles. The zero-order valence-corrected chi connectivity index (χ0v) is 11.2. The summed E-state index contributed by atoms with van der Waals surface area (Å²) in [6, 6.07) is 0. The third-order valence-electron chi connectivity index (χ3n) is 4.50. The van der Waals surface area contributed by atoms with E-state index in [1.807, 2.05) is 0 Å². The van der Waals surface area contributed by atoms with Crippen molar-refractivity contribution in [3.63, 3.8) is 0 Å². The van der Waals surface area contributed by atoms with Crippen molar-refractivity contribution in [1.29, 1.82) is 0 Å². The zero-order chi connectivity index (χ0) is 12.4. The molecule has 1 aromatic heterocycles. The van der Waals surface area contributed by atoms with E-state index in [2.05, 4.69) is 22.4 Å². The largest absolute Gasteiger partial charge is 0.337 e. The summed E-state index contributed by atoms with van der Waals surface area (Å²) in [6.07, 6.45) is 10.1. The first-order valence-corrected chi connectivity index (χ1v) is 7.37. The van der Waals surface area contributed by atoms with Gasteiger partial charge in [-0.3, -0.25) is 0 Å². The maximum Gasteiger partial charge on any atom is 0.246 e. The van der Waals surface area contributed by atoms with Crippen LogP contribution in [0.2, 0.25) is 0 Å². The van der Waals surface area contributed by atoms with Gasteiger partial charge in [0.15, 0.2) is 5.82 Å². The molecule has 1 aromatic rings. The minimum absolute atomic E-state index is 0.0873. The molecule has 1 unspecified atom stereocenters. The van der Waals surface area contributed by atoms with Gasteiger partial charge in [0, 0.05) is 5.92 Å². The predicted molar refractivity (Wildman–Crippen MR) is 69.3 cm³/mol. The summed E-state index contributed by atoms with van der Waals surface area (Å²) in [5, 5.41) is 7.73. The average Bonchev–Trinajstić information content (AvgIpc) is 2.94. The highest BCUT2D eigenvalue weighted by Crippen LogP contribution is 2.33. The monoisotopic (exact) mass is 249 g/mol.